The molecular weight excluding hydrogens is 400 g/mol. The second kappa shape index (κ2) is 10.4. The van der Waals surface area contributed by atoms with Gasteiger partial charge in [0.15, 0.2) is 11.0 Å². The summed E-state index contributed by atoms with van der Waals surface area (Å²) >= 11 is 1.28. The normalized spacial score (nSPS) is 10.9. The predicted molar refractivity (Wildman–Crippen MR) is 118 cm³/mol. The van der Waals surface area contributed by atoms with E-state index in [4.69, 9.17) is 4.74 Å². The summed E-state index contributed by atoms with van der Waals surface area (Å²) in [5.41, 5.74) is 2.49. The average molecular weight is 423 g/mol. The molecule has 30 heavy (non-hydrogen) atoms. The lowest BCUT2D eigenvalue weighted by Crippen LogP contribution is -2.08. The Kier molecular flexibility index (Phi) is 7.40. The lowest BCUT2D eigenvalue weighted by molar-refractivity contribution is -0.139. The smallest absolute Gasteiger partial charge is 0.316 e. The van der Waals surface area contributed by atoms with E-state index in [-0.39, 0.29) is 17.6 Å². The van der Waals surface area contributed by atoms with Crippen LogP contribution in [0.1, 0.15) is 12.5 Å². The highest BCUT2D eigenvalue weighted by atomic mass is 32.2. The lowest BCUT2D eigenvalue weighted by Gasteiger charge is -2.06. The van der Waals surface area contributed by atoms with Gasteiger partial charge in [0.25, 0.3) is 0 Å². The number of hydrogen-bond acceptors (Lipinski definition) is 6. The van der Waals surface area contributed by atoms with Crippen LogP contribution in [0.25, 0.3) is 17.5 Å². The minimum atomic E-state index is -0.284. The fraction of sp³-hybridized carbons (Fsp3) is 0.182. The maximum atomic E-state index is 12.1. The van der Waals surface area contributed by atoms with Gasteiger partial charge in [-0.15, -0.1) is 10.2 Å². The molecule has 2 aromatic carbocycles. The third kappa shape index (κ3) is 5.81. The Labute approximate surface area is 179 Å². The minimum Gasteiger partial charge on any atom is -0.465 e. The van der Waals surface area contributed by atoms with Crippen molar-refractivity contribution >= 4 is 35.4 Å². The van der Waals surface area contributed by atoms with Crippen molar-refractivity contribution in [2.45, 2.75) is 12.1 Å². The van der Waals surface area contributed by atoms with E-state index in [1.54, 1.807) is 13.0 Å². The monoisotopic (exact) mass is 422 g/mol. The number of anilines is 1. The number of hydrogen-bond donors (Lipinski definition) is 1. The molecule has 1 aromatic heterocycles. The molecule has 1 N–H and O–H groups in total. The maximum Gasteiger partial charge on any atom is 0.316 e. The molecule has 0 atom stereocenters. The van der Waals surface area contributed by atoms with Crippen molar-refractivity contribution in [2.24, 2.45) is 7.05 Å². The van der Waals surface area contributed by atoms with Crippen molar-refractivity contribution in [1.82, 2.24) is 14.8 Å². The number of aromatic nitrogens is 3. The first-order valence-electron chi connectivity index (χ1n) is 9.39. The number of rotatable bonds is 8. The van der Waals surface area contributed by atoms with Gasteiger partial charge in [-0.05, 0) is 42.8 Å². The largest absolute Gasteiger partial charge is 0.465 e. The number of carbonyl (C=O) groups is 2. The SMILES string of the molecule is CCOC(=O)CSc1nnc(-c2ccc(NC(=O)C=Cc3ccccc3)cc2)n1C. The zero-order valence-electron chi connectivity index (χ0n) is 16.7. The molecule has 0 bridgehead atoms. The predicted octanol–water partition coefficient (Wildman–Crippen LogP) is 3.79. The summed E-state index contributed by atoms with van der Waals surface area (Å²) < 4.78 is 6.75. The number of nitrogens with zero attached hydrogens (tertiary/aromatic N) is 3. The standard InChI is InChI=1S/C22H22N4O3S/c1-3-29-20(28)15-30-22-25-24-21(26(22)2)17-10-12-18(13-11-17)23-19(27)14-9-16-7-5-4-6-8-16/h4-14H,3,15H2,1-2H3,(H,23,27). The van der Waals surface area contributed by atoms with Crippen molar-refractivity contribution in [1.29, 1.82) is 0 Å². The van der Waals surface area contributed by atoms with Gasteiger partial charge in [0.05, 0.1) is 12.4 Å². The third-order valence-corrected chi connectivity index (χ3v) is 5.09. The molecule has 0 spiro atoms. The Morgan fingerprint density at radius 3 is 2.53 bits per heavy atom. The van der Waals surface area contributed by atoms with Crippen LogP contribution in [0, 0.1) is 0 Å². The van der Waals surface area contributed by atoms with Crippen LogP contribution in [0.2, 0.25) is 0 Å². The fourth-order valence-corrected chi connectivity index (χ4v) is 3.35. The van der Waals surface area contributed by atoms with Gasteiger partial charge in [0, 0.05) is 24.4 Å². The molecule has 154 valence electrons. The van der Waals surface area contributed by atoms with E-state index in [0.717, 1.165) is 11.1 Å². The minimum absolute atomic E-state index is 0.182. The fourth-order valence-electron chi connectivity index (χ4n) is 2.64. The van der Waals surface area contributed by atoms with Crippen molar-refractivity contribution in [3.63, 3.8) is 0 Å². The Bertz CT molecular complexity index is 1030. The first kappa shape index (κ1) is 21.3. The number of nitrogens with one attached hydrogen (secondary N) is 1. The zero-order valence-corrected chi connectivity index (χ0v) is 17.6. The van der Waals surface area contributed by atoms with Crippen LogP contribution in [-0.4, -0.2) is 39.0 Å². The third-order valence-electron chi connectivity index (χ3n) is 4.10. The summed E-state index contributed by atoms with van der Waals surface area (Å²) in [6, 6.07) is 17.0. The first-order chi connectivity index (χ1) is 14.6. The molecule has 1 amide bonds. The first-order valence-corrected chi connectivity index (χ1v) is 10.4. The maximum absolute atomic E-state index is 12.1. The lowest BCUT2D eigenvalue weighted by atomic mass is 10.2. The second-order valence-electron chi connectivity index (χ2n) is 6.27. The Morgan fingerprint density at radius 1 is 1.10 bits per heavy atom. The van der Waals surface area contributed by atoms with Crippen molar-refractivity contribution < 1.29 is 14.3 Å². The summed E-state index contributed by atoms with van der Waals surface area (Å²) in [5.74, 6) is 0.362. The number of carbonyl (C=O) groups excluding carboxylic acids is 2. The van der Waals surface area contributed by atoms with E-state index in [0.29, 0.717) is 23.3 Å². The molecule has 3 rings (SSSR count). The van der Waals surface area contributed by atoms with Gasteiger partial charge < -0.3 is 14.6 Å². The van der Waals surface area contributed by atoms with Crippen LogP contribution in [0.5, 0.6) is 0 Å². The molecule has 0 saturated carbocycles. The van der Waals surface area contributed by atoms with Crippen LogP contribution in [-0.2, 0) is 21.4 Å². The van der Waals surface area contributed by atoms with Gasteiger partial charge in [-0.1, -0.05) is 42.1 Å². The van der Waals surface area contributed by atoms with Gasteiger partial charge in [-0.2, -0.15) is 0 Å². The van der Waals surface area contributed by atoms with Crippen LogP contribution in [0.4, 0.5) is 5.69 Å². The number of amides is 1. The van der Waals surface area contributed by atoms with Crippen molar-refractivity contribution in [3.8, 4) is 11.4 Å². The molecule has 0 saturated heterocycles. The molecule has 1 heterocycles. The number of esters is 1. The van der Waals surface area contributed by atoms with Gasteiger partial charge in [0.1, 0.15) is 0 Å². The average Bonchev–Trinajstić information content (AvgIpc) is 3.13. The molecule has 0 radical (unpaired) electrons. The van der Waals surface area contributed by atoms with Crippen LogP contribution in [0.3, 0.4) is 0 Å². The van der Waals surface area contributed by atoms with E-state index >= 15 is 0 Å². The highest BCUT2D eigenvalue weighted by molar-refractivity contribution is 7.99. The van der Waals surface area contributed by atoms with Crippen LogP contribution < -0.4 is 5.32 Å². The van der Waals surface area contributed by atoms with Crippen molar-refractivity contribution in [2.75, 3.05) is 17.7 Å². The summed E-state index contributed by atoms with van der Waals surface area (Å²) in [4.78, 5) is 23.6. The Hall–Kier alpha value is -3.39. The zero-order chi connectivity index (χ0) is 21.3. The van der Waals surface area contributed by atoms with E-state index < -0.39 is 0 Å². The topological polar surface area (TPSA) is 86.1 Å². The molecule has 7 nitrogen and oxygen atoms in total. The number of benzene rings is 2. The quantitative estimate of drug-likeness (QED) is 0.338. The summed E-state index contributed by atoms with van der Waals surface area (Å²) in [6.45, 7) is 2.13. The number of ether oxygens (including phenoxy) is 1. The molecule has 0 fully saturated rings. The van der Waals surface area contributed by atoms with E-state index in [1.807, 2.05) is 66.2 Å². The highest BCUT2D eigenvalue weighted by Crippen LogP contribution is 2.24. The van der Waals surface area contributed by atoms with Gasteiger partial charge >= 0.3 is 5.97 Å². The van der Waals surface area contributed by atoms with E-state index in [9.17, 15) is 9.59 Å². The molecule has 8 heteroatoms. The van der Waals surface area contributed by atoms with E-state index in [2.05, 4.69) is 15.5 Å². The Morgan fingerprint density at radius 2 is 1.83 bits per heavy atom. The summed E-state index contributed by atoms with van der Waals surface area (Å²) in [6.07, 6.45) is 3.26. The molecule has 3 aromatic rings. The summed E-state index contributed by atoms with van der Waals surface area (Å²) in [7, 11) is 1.84. The van der Waals surface area contributed by atoms with Crippen molar-refractivity contribution in [3.05, 3.63) is 66.2 Å². The Balaban J connectivity index is 1.61. The van der Waals surface area contributed by atoms with Gasteiger partial charge in [-0.3, -0.25) is 9.59 Å². The second-order valence-corrected chi connectivity index (χ2v) is 7.21. The molecule has 0 aliphatic rings. The molecule has 0 aliphatic carbocycles. The van der Waals surface area contributed by atoms with Crippen LogP contribution in [0.15, 0.2) is 65.8 Å². The molecule has 0 unspecified atom stereocenters. The molecule has 0 aliphatic heterocycles. The van der Waals surface area contributed by atoms with Crippen LogP contribution >= 0.6 is 11.8 Å². The van der Waals surface area contributed by atoms with Gasteiger partial charge in [-0.25, -0.2) is 0 Å². The molecular formula is C22H22N4O3S. The number of thioether (sulfide) groups is 1. The van der Waals surface area contributed by atoms with E-state index in [1.165, 1.54) is 17.8 Å². The summed E-state index contributed by atoms with van der Waals surface area (Å²) in [5, 5.41) is 11.8. The van der Waals surface area contributed by atoms with Gasteiger partial charge in [0.2, 0.25) is 5.91 Å². The highest BCUT2D eigenvalue weighted by Gasteiger charge is 2.13.